The molecule has 26 heavy (non-hydrogen) atoms. The molecule has 0 amide bonds. The van der Waals surface area contributed by atoms with Crippen molar-refractivity contribution in [1.82, 2.24) is 4.98 Å². The van der Waals surface area contributed by atoms with E-state index in [0.29, 0.717) is 0 Å². The normalized spacial score (nSPS) is 11.1. The molecule has 4 nitrogen and oxygen atoms in total. The average Bonchev–Trinajstić information content (AvgIpc) is 2.65. The molecule has 0 spiro atoms. The molecule has 0 aliphatic heterocycles. The maximum atomic E-state index is 4.91. The first-order valence-corrected chi connectivity index (χ1v) is 8.74. The molecule has 4 aromatic rings. The van der Waals surface area contributed by atoms with Crippen LogP contribution in [0.3, 0.4) is 0 Å². The van der Waals surface area contributed by atoms with E-state index >= 15 is 0 Å². The molecule has 1 aromatic heterocycles. The number of aromatic nitrogens is 2. The van der Waals surface area contributed by atoms with Crippen LogP contribution in [0.2, 0.25) is 0 Å². The van der Waals surface area contributed by atoms with Gasteiger partial charge in [-0.2, -0.15) is 0 Å². The zero-order valence-electron chi connectivity index (χ0n) is 15.6. The highest BCUT2D eigenvalue weighted by Crippen LogP contribution is 2.24. The number of benzene rings is 3. The van der Waals surface area contributed by atoms with Crippen molar-refractivity contribution in [2.24, 2.45) is 0 Å². The first-order chi connectivity index (χ1) is 12.5. The second kappa shape index (κ2) is 6.30. The van der Waals surface area contributed by atoms with Gasteiger partial charge in [-0.25, -0.2) is 4.98 Å². The molecule has 0 aliphatic carbocycles. The van der Waals surface area contributed by atoms with E-state index in [1.165, 1.54) is 0 Å². The van der Waals surface area contributed by atoms with E-state index in [1.807, 2.05) is 6.07 Å². The fourth-order valence-electron chi connectivity index (χ4n) is 3.24. The third-order valence-electron chi connectivity index (χ3n) is 4.69. The molecule has 4 heteroatoms. The number of hydrogen-bond donors (Lipinski definition) is 0. The summed E-state index contributed by atoms with van der Waals surface area (Å²) < 4.78 is 2.30. The summed E-state index contributed by atoms with van der Waals surface area (Å²) in [7, 11) is 8.25. The molecule has 0 radical (unpaired) electrons. The molecule has 0 saturated carbocycles. The van der Waals surface area contributed by atoms with Gasteiger partial charge in [-0.15, -0.1) is 4.57 Å². The first kappa shape index (κ1) is 16.3. The van der Waals surface area contributed by atoms with Crippen LogP contribution in [0, 0.1) is 0 Å². The van der Waals surface area contributed by atoms with E-state index in [-0.39, 0.29) is 0 Å². The molecular formula is C22H23N4+. The Morgan fingerprint density at radius 3 is 1.62 bits per heavy atom. The van der Waals surface area contributed by atoms with Crippen LogP contribution < -0.4 is 14.4 Å². The van der Waals surface area contributed by atoms with Crippen molar-refractivity contribution in [3.05, 3.63) is 66.7 Å². The Bertz CT molecular complexity index is 1020. The van der Waals surface area contributed by atoms with Crippen LogP contribution in [0.5, 0.6) is 0 Å². The van der Waals surface area contributed by atoms with Crippen LogP contribution in [-0.4, -0.2) is 33.2 Å². The van der Waals surface area contributed by atoms with Crippen LogP contribution >= 0.6 is 0 Å². The Morgan fingerprint density at radius 2 is 1.15 bits per heavy atom. The summed E-state index contributed by atoms with van der Waals surface area (Å²) in [6.45, 7) is 0. The van der Waals surface area contributed by atoms with E-state index in [9.17, 15) is 0 Å². The van der Waals surface area contributed by atoms with Gasteiger partial charge in [-0.3, -0.25) is 0 Å². The Kier molecular flexibility index (Phi) is 3.96. The summed E-state index contributed by atoms with van der Waals surface area (Å²) in [5, 5.41) is 0. The highest BCUT2D eigenvalue weighted by molar-refractivity contribution is 5.86. The summed E-state index contributed by atoms with van der Waals surface area (Å²) in [5.41, 5.74) is 7.64. The number of hydrogen-bond acceptors (Lipinski definition) is 3. The van der Waals surface area contributed by atoms with Crippen molar-refractivity contribution in [1.29, 1.82) is 0 Å². The average molecular weight is 343 g/mol. The summed E-state index contributed by atoms with van der Waals surface area (Å²) in [4.78, 5) is 9.15. The highest BCUT2D eigenvalue weighted by atomic mass is 15.1. The molecule has 130 valence electrons. The van der Waals surface area contributed by atoms with Crippen molar-refractivity contribution in [3.63, 3.8) is 0 Å². The molecule has 0 aliphatic rings. The van der Waals surface area contributed by atoms with Gasteiger partial charge in [0.1, 0.15) is 11.0 Å². The molecule has 0 fully saturated rings. The lowest BCUT2D eigenvalue weighted by Gasteiger charge is -2.14. The van der Waals surface area contributed by atoms with Gasteiger partial charge >= 0.3 is 0 Å². The summed E-state index contributed by atoms with van der Waals surface area (Å²) >= 11 is 0. The van der Waals surface area contributed by atoms with Gasteiger partial charge in [0, 0.05) is 63.8 Å². The largest absolute Gasteiger partial charge is 0.377 e. The second-order valence-corrected chi connectivity index (χ2v) is 6.92. The molecule has 4 rings (SSSR count). The van der Waals surface area contributed by atoms with E-state index in [0.717, 1.165) is 39.1 Å². The highest BCUT2D eigenvalue weighted by Gasteiger charge is 2.20. The number of anilines is 2. The van der Waals surface area contributed by atoms with Crippen LogP contribution in [-0.2, 0) is 0 Å². The fourth-order valence-corrected chi connectivity index (χ4v) is 3.24. The van der Waals surface area contributed by atoms with Gasteiger partial charge in [0.2, 0.25) is 16.7 Å². The van der Waals surface area contributed by atoms with E-state index < -0.39 is 0 Å². The monoisotopic (exact) mass is 343 g/mol. The predicted octanol–water partition coefficient (Wildman–Crippen LogP) is 3.80. The van der Waals surface area contributed by atoms with Gasteiger partial charge in [0.15, 0.2) is 0 Å². The topological polar surface area (TPSA) is 23.3 Å². The summed E-state index contributed by atoms with van der Waals surface area (Å²) in [6.07, 6.45) is 0. The van der Waals surface area contributed by atoms with Crippen molar-refractivity contribution in [2.75, 3.05) is 38.0 Å². The Morgan fingerprint density at radius 1 is 0.654 bits per heavy atom. The lowest BCUT2D eigenvalue weighted by Crippen LogP contribution is -2.33. The van der Waals surface area contributed by atoms with Crippen LogP contribution in [0.4, 0.5) is 11.4 Å². The minimum atomic E-state index is 0.990. The Hall–Kier alpha value is -3.14. The number of nitrogens with zero attached hydrogens (tertiary/aromatic N) is 4. The van der Waals surface area contributed by atoms with Gasteiger partial charge in [-0.05, 0) is 24.3 Å². The molecule has 1 heterocycles. The summed E-state index contributed by atoms with van der Waals surface area (Å²) in [5.74, 6) is 0. The zero-order valence-corrected chi connectivity index (χ0v) is 15.6. The number of para-hydroxylation sites is 1. The lowest BCUT2D eigenvalue weighted by molar-refractivity contribution is -0.538. The van der Waals surface area contributed by atoms with Crippen molar-refractivity contribution < 1.29 is 4.57 Å². The van der Waals surface area contributed by atoms with E-state index in [4.69, 9.17) is 4.98 Å². The quantitative estimate of drug-likeness (QED) is 0.417. The maximum absolute atomic E-state index is 4.91. The molecular weight excluding hydrogens is 320 g/mol. The minimum absolute atomic E-state index is 0.990. The minimum Gasteiger partial charge on any atom is -0.377 e. The molecule has 0 saturated heterocycles. The van der Waals surface area contributed by atoms with Crippen LogP contribution in [0.15, 0.2) is 66.7 Å². The smallest absolute Gasteiger partial charge is 0.239 e. The maximum Gasteiger partial charge on any atom is 0.239 e. The zero-order chi connectivity index (χ0) is 18.3. The van der Waals surface area contributed by atoms with Gasteiger partial charge < -0.3 is 9.80 Å². The predicted molar refractivity (Wildman–Crippen MR) is 109 cm³/mol. The SMILES string of the molecule is CN(C)c1ccc2nc3ccc(N(C)C)cc3[n+](-c3ccccc3)c2c1. The van der Waals surface area contributed by atoms with Gasteiger partial charge in [0.25, 0.3) is 0 Å². The standard InChI is InChI=1S/C22H23N4/c1-24(2)17-10-12-19-21(14-17)26(16-8-6-5-7-9-16)22-15-18(25(3)4)11-13-20(22)23-19/h5-15H,1-4H3/q+1. The third kappa shape index (κ3) is 2.73. The number of rotatable bonds is 3. The van der Waals surface area contributed by atoms with Gasteiger partial charge in [0.05, 0.1) is 0 Å². The Balaban J connectivity index is 2.16. The molecule has 0 N–H and O–H groups in total. The fraction of sp³-hybridized carbons (Fsp3) is 0.182. The lowest BCUT2D eigenvalue weighted by atomic mass is 10.1. The summed E-state index contributed by atoms with van der Waals surface area (Å²) in [6, 6.07) is 23.3. The van der Waals surface area contributed by atoms with Crippen molar-refractivity contribution in [3.8, 4) is 5.69 Å². The van der Waals surface area contributed by atoms with Crippen molar-refractivity contribution >= 4 is 33.4 Å². The number of fused-ring (bicyclic) bond motifs is 2. The molecule has 0 unspecified atom stereocenters. The van der Waals surface area contributed by atoms with E-state index in [2.05, 4.69) is 103 Å². The van der Waals surface area contributed by atoms with Crippen molar-refractivity contribution in [2.45, 2.75) is 0 Å². The second-order valence-electron chi connectivity index (χ2n) is 6.92. The molecule has 0 bridgehead atoms. The van der Waals surface area contributed by atoms with E-state index in [1.54, 1.807) is 0 Å². The van der Waals surface area contributed by atoms with Gasteiger partial charge in [-0.1, -0.05) is 18.2 Å². The first-order valence-electron chi connectivity index (χ1n) is 8.74. The van der Waals surface area contributed by atoms with Crippen LogP contribution in [0.25, 0.3) is 27.8 Å². The molecule has 3 aromatic carbocycles. The molecule has 0 atom stereocenters. The van der Waals surface area contributed by atoms with Crippen LogP contribution in [0.1, 0.15) is 0 Å². The third-order valence-corrected chi connectivity index (χ3v) is 4.69. The Labute approximate surface area is 153 Å².